The SMILES string of the molecule is CNCCCC(=O)NCCNS(=O)(=O)c1ccc([N+](=O)[O-])cc1. The minimum Gasteiger partial charge on any atom is -0.355 e. The van der Waals surface area contributed by atoms with Crippen molar-refractivity contribution in [3.63, 3.8) is 0 Å². The number of nitrogens with one attached hydrogen (secondary N) is 3. The van der Waals surface area contributed by atoms with Crippen molar-refractivity contribution >= 4 is 21.6 Å². The van der Waals surface area contributed by atoms with Crippen LogP contribution in [0.2, 0.25) is 0 Å². The number of amides is 1. The van der Waals surface area contributed by atoms with Crippen LogP contribution in [0, 0.1) is 10.1 Å². The second-order valence-electron chi connectivity index (χ2n) is 4.71. The Morgan fingerprint density at radius 3 is 2.39 bits per heavy atom. The number of nitro groups is 1. The van der Waals surface area contributed by atoms with E-state index in [9.17, 15) is 23.3 Å². The van der Waals surface area contributed by atoms with Gasteiger partial charge in [0.1, 0.15) is 0 Å². The summed E-state index contributed by atoms with van der Waals surface area (Å²) in [6, 6.07) is 4.57. The van der Waals surface area contributed by atoms with Crippen molar-refractivity contribution in [2.45, 2.75) is 17.7 Å². The normalized spacial score (nSPS) is 11.2. The molecule has 0 aliphatic carbocycles. The van der Waals surface area contributed by atoms with E-state index in [2.05, 4.69) is 15.4 Å². The second kappa shape index (κ2) is 9.18. The van der Waals surface area contributed by atoms with E-state index in [1.807, 2.05) is 0 Å². The molecule has 0 unspecified atom stereocenters. The highest BCUT2D eigenvalue weighted by Gasteiger charge is 2.15. The highest BCUT2D eigenvalue weighted by Crippen LogP contribution is 2.15. The summed E-state index contributed by atoms with van der Waals surface area (Å²) < 4.78 is 26.3. The average molecular weight is 344 g/mol. The molecule has 0 aliphatic heterocycles. The Bertz CT molecular complexity index is 630. The first-order chi connectivity index (χ1) is 10.9. The van der Waals surface area contributed by atoms with Gasteiger partial charge in [0.05, 0.1) is 9.82 Å². The van der Waals surface area contributed by atoms with Crippen LogP contribution in [0.15, 0.2) is 29.2 Å². The zero-order valence-electron chi connectivity index (χ0n) is 12.7. The van der Waals surface area contributed by atoms with E-state index in [0.717, 1.165) is 30.8 Å². The quantitative estimate of drug-likeness (QED) is 0.311. The first kappa shape index (κ1) is 19.0. The zero-order chi connectivity index (χ0) is 17.3. The molecule has 128 valence electrons. The van der Waals surface area contributed by atoms with Crippen LogP contribution in [0.3, 0.4) is 0 Å². The van der Waals surface area contributed by atoms with Crippen molar-refractivity contribution in [3.05, 3.63) is 34.4 Å². The fourth-order valence-corrected chi connectivity index (χ4v) is 2.76. The van der Waals surface area contributed by atoms with Crippen molar-refractivity contribution < 1.29 is 18.1 Å². The maximum Gasteiger partial charge on any atom is 0.269 e. The summed E-state index contributed by atoms with van der Waals surface area (Å²) in [5, 5.41) is 16.1. The molecular formula is C13H20N4O5S. The number of nitro benzene ring substituents is 1. The fourth-order valence-electron chi connectivity index (χ4n) is 1.73. The Balaban J connectivity index is 2.41. The lowest BCUT2D eigenvalue weighted by molar-refractivity contribution is -0.384. The molecule has 0 heterocycles. The number of hydrogen-bond donors (Lipinski definition) is 3. The number of hydrogen-bond acceptors (Lipinski definition) is 6. The summed E-state index contributed by atoms with van der Waals surface area (Å²) in [5.41, 5.74) is -0.183. The average Bonchev–Trinajstić information content (AvgIpc) is 2.52. The first-order valence-electron chi connectivity index (χ1n) is 7.02. The molecule has 1 amide bonds. The lowest BCUT2D eigenvalue weighted by Crippen LogP contribution is -2.34. The van der Waals surface area contributed by atoms with Crippen LogP contribution >= 0.6 is 0 Å². The monoisotopic (exact) mass is 344 g/mol. The summed E-state index contributed by atoms with van der Waals surface area (Å²) in [6.45, 7) is 0.946. The van der Waals surface area contributed by atoms with E-state index in [0.29, 0.717) is 12.8 Å². The molecule has 0 fully saturated rings. The van der Waals surface area contributed by atoms with Gasteiger partial charge in [0, 0.05) is 31.6 Å². The molecular weight excluding hydrogens is 324 g/mol. The number of sulfonamides is 1. The van der Waals surface area contributed by atoms with Gasteiger partial charge < -0.3 is 10.6 Å². The Kier molecular flexibility index (Phi) is 7.59. The highest BCUT2D eigenvalue weighted by molar-refractivity contribution is 7.89. The van der Waals surface area contributed by atoms with Crippen LogP contribution in [0.25, 0.3) is 0 Å². The number of benzene rings is 1. The van der Waals surface area contributed by atoms with Crippen molar-refractivity contribution in [1.29, 1.82) is 0 Å². The molecule has 0 saturated carbocycles. The summed E-state index contributed by atoms with van der Waals surface area (Å²) >= 11 is 0. The Labute approximate surface area is 134 Å². The Morgan fingerprint density at radius 1 is 1.17 bits per heavy atom. The zero-order valence-corrected chi connectivity index (χ0v) is 13.6. The molecule has 1 rings (SSSR count). The summed E-state index contributed by atoms with van der Waals surface area (Å²) in [7, 11) is -1.96. The van der Waals surface area contributed by atoms with Gasteiger partial charge in [-0.25, -0.2) is 13.1 Å². The maximum atomic E-state index is 12.0. The van der Waals surface area contributed by atoms with E-state index in [-0.39, 0.29) is 29.6 Å². The highest BCUT2D eigenvalue weighted by atomic mass is 32.2. The Hall–Kier alpha value is -2.04. The number of rotatable bonds is 10. The molecule has 10 heteroatoms. The van der Waals surface area contributed by atoms with E-state index in [4.69, 9.17) is 0 Å². The molecule has 0 atom stereocenters. The molecule has 9 nitrogen and oxygen atoms in total. The summed E-state index contributed by atoms with van der Waals surface area (Å²) in [6.07, 6.45) is 1.08. The fraction of sp³-hybridized carbons (Fsp3) is 0.462. The molecule has 0 spiro atoms. The van der Waals surface area contributed by atoms with Crippen molar-refractivity contribution in [3.8, 4) is 0 Å². The van der Waals surface area contributed by atoms with Gasteiger partial charge in [0.25, 0.3) is 5.69 Å². The molecule has 0 aliphatic rings. The minimum atomic E-state index is -3.76. The first-order valence-corrected chi connectivity index (χ1v) is 8.50. The smallest absolute Gasteiger partial charge is 0.269 e. The third-order valence-corrected chi connectivity index (χ3v) is 4.40. The van der Waals surface area contributed by atoms with Crippen LogP contribution in [0.1, 0.15) is 12.8 Å². The minimum absolute atomic E-state index is 0.0388. The number of non-ortho nitro benzene ring substituents is 1. The molecule has 3 N–H and O–H groups in total. The van der Waals surface area contributed by atoms with Crippen LogP contribution in [0.4, 0.5) is 5.69 Å². The molecule has 23 heavy (non-hydrogen) atoms. The van der Waals surface area contributed by atoms with Gasteiger partial charge in [-0.3, -0.25) is 14.9 Å². The van der Waals surface area contributed by atoms with Crippen LogP contribution in [0.5, 0.6) is 0 Å². The standard InChI is InChI=1S/C13H20N4O5S/c1-14-8-2-3-13(18)15-9-10-16-23(21,22)12-6-4-11(5-7-12)17(19)20/h4-7,14,16H,2-3,8-10H2,1H3,(H,15,18). The van der Waals surface area contributed by atoms with Crippen LogP contribution < -0.4 is 15.4 Å². The number of nitrogens with zero attached hydrogens (tertiary/aromatic N) is 1. The van der Waals surface area contributed by atoms with Crippen molar-refractivity contribution in [2.24, 2.45) is 0 Å². The lowest BCUT2D eigenvalue weighted by Gasteiger charge is -2.08. The molecule has 0 radical (unpaired) electrons. The van der Waals surface area contributed by atoms with E-state index in [1.165, 1.54) is 0 Å². The van der Waals surface area contributed by atoms with Crippen LogP contribution in [-0.2, 0) is 14.8 Å². The lowest BCUT2D eigenvalue weighted by atomic mass is 10.3. The van der Waals surface area contributed by atoms with E-state index in [1.54, 1.807) is 7.05 Å². The van der Waals surface area contributed by atoms with Gasteiger partial charge in [-0.2, -0.15) is 0 Å². The third kappa shape index (κ3) is 6.72. The van der Waals surface area contributed by atoms with Gasteiger partial charge in [-0.15, -0.1) is 0 Å². The largest absolute Gasteiger partial charge is 0.355 e. The maximum absolute atomic E-state index is 12.0. The Morgan fingerprint density at radius 2 is 1.83 bits per heavy atom. The molecule has 1 aromatic rings. The molecule has 1 aromatic carbocycles. The van der Waals surface area contributed by atoms with Gasteiger partial charge in [-0.1, -0.05) is 0 Å². The molecule has 0 saturated heterocycles. The van der Waals surface area contributed by atoms with Crippen molar-refractivity contribution in [2.75, 3.05) is 26.7 Å². The third-order valence-electron chi connectivity index (χ3n) is 2.93. The van der Waals surface area contributed by atoms with Gasteiger partial charge in [0.15, 0.2) is 0 Å². The van der Waals surface area contributed by atoms with Gasteiger partial charge >= 0.3 is 0 Å². The van der Waals surface area contributed by atoms with Gasteiger partial charge in [-0.05, 0) is 32.1 Å². The second-order valence-corrected chi connectivity index (χ2v) is 6.47. The van der Waals surface area contributed by atoms with Crippen LogP contribution in [-0.4, -0.2) is 45.9 Å². The number of carbonyl (C=O) groups excluding carboxylic acids is 1. The topological polar surface area (TPSA) is 130 Å². The van der Waals surface area contributed by atoms with Crippen molar-refractivity contribution in [1.82, 2.24) is 15.4 Å². The molecule has 0 bridgehead atoms. The predicted molar refractivity (Wildman–Crippen MR) is 84.5 cm³/mol. The molecule has 0 aromatic heterocycles. The summed E-state index contributed by atoms with van der Waals surface area (Å²) in [5.74, 6) is -0.144. The predicted octanol–water partition coefficient (Wildman–Crippen LogP) is -0.0111. The van der Waals surface area contributed by atoms with E-state index < -0.39 is 14.9 Å². The number of carbonyl (C=O) groups is 1. The van der Waals surface area contributed by atoms with E-state index >= 15 is 0 Å². The summed E-state index contributed by atoms with van der Waals surface area (Å²) in [4.78, 5) is 21.3. The van der Waals surface area contributed by atoms with Gasteiger partial charge in [0.2, 0.25) is 15.9 Å².